The van der Waals surface area contributed by atoms with E-state index in [9.17, 15) is 9.59 Å². The number of halogens is 1. The van der Waals surface area contributed by atoms with Gasteiger partial charge in [-0.05, 0) is 79.5 Å². The van der Waals surface area contributed by atoms with Crippen LogP contribution < -0.4 is 5.32 Å². The molecule has 0 saturated heterocycles. The Kier molecular flexibility index (Phi) is 8.61. The molecular weight excluding hydrogens is 496 g/mol. The molecule has 1 aromatic carbocycles. The lowest BCUT2D eigenvalue weighted by Gasteiger charge is -2.17. The lowest BCUT2D eigenvalue weighted by molar-refractivity contribution is -0.113. The monoisotopic (exact) mass is 524 g/mol. The molecule has 0 amide bonds. The first-order valence-electron chi connectivity index (χ1n) is 11.9. The molecule has 0 fully saturated rings. The van der Waals surface area contributed by atoms with Gasteiger partial charge in [0.1, 0.15) is 5.76 Å². The van der Waals surface area contributed by atoms with Gasteiger partial charge in [-0.1, -0.05) is 24.6 Å². The molecule has 1 aliphatic rings. The molecule has 2 aromatic heterocycles. The van der Waals surface area contributed by atoms with E-state index in [1.807, 2.05) is 51.1 Å². The number of thioether (sulfide) groups is 1. The zero-order valence-corrected chi connectivity index (χ0v) is 22.2. The van der Waals surface area contributed by atoms with Crippen molar-refractivity contribution >= 4 is 40.0 Å². The van der Waals surface area contributed by atoms with Gasteiger partial charge < -0.3 is 10.1 Å². The number of ketones is 1. The van der Waals surface area contributed by atoms with E-state index < -0.39 is 0 Å². The van der Waals surface area contributed by atoms with E-state index in [1.165, 1.54) is 0 Å². The minimum absolute atomic E-state index is 0.00453. The van der Waals surface area contributed by atoms with Gasteiger partial charge in [-0.25, -0.2) is 9.48 Å². The van der Waals surface area contributed by atoms with E-state index in [2.05, 4.69) is 15.4 Å². The van der Waals surface area contributed by atoms with E-state index >= 15 is 0 Å². The maximum Gasteiger partial charge on any atom is 0.372 e. The molecule has 36 heavy (non-hydrogen) atoms. The third kappa shape index (κ3) is 6.06. The average Bonchev–Trinajstić information content (AvgIpc) is 3.41. The van der Waals surface area contributed by atoms with Crippen LogP contribution in [0.15, 0.2) is 54.7 Å². The van der Waals surface area contributed by atoms with Crippen molar-refractivity contribution in [2.75, 3.05) is 12.3 Å². The first kappa shape index (κ1) is 26.1. The normalized spacial score (nSPS) is 15.6. The van der Waals surface area contributed by atoms with Crippen LogP contribution in [-0.2, 0) is 16.1 Å². The number of carbonyl (C=O) groups is 2. The molecule has 0 spiro atoms. The van der Waals surface area contributed by atoms with Crippen LogP contribution in [0, 0.1) is 19.8 Å². The third-order valence-electron chi connectivity index (χ3n) is 6.07. The number of Topliss-reactive ketones (excluding diaryl/α,β-unsaturated/α-hetero) is 1. The highest BCUT2D eigenvalue weighted by Gasteiger charge is 2.37. The maximum absolute atomic E-state index is 13.3. The Balaban J connectivity index is 1.62. The van der Waals surface area contributed by atoms with Crippen LogP contribution in [-0.4, -0.2) is 38.1 Å². The van der Waals surface area contributed by atoms with Gasteiger partial charge in [-0.2, -0.15) is 5.10 Å². The molecule has 1 aliphatic carbocycles. The number of nitrogens with one attached hydrogen (secondary N) is 1. The van der Waals surface area contributed by atoms with Gasteiger partial charge in [-0.3, -0.25) is 9.78 Å². The average molecular weight is 525 g/mol. The Morgan fingerprint density at radius 3 is 2.69 bits per heavy atom. The molecule has 1 N–H and O–H groups in total. The second-order valence-electron chi connectivity index (χ2n) is 8.69. The largest absolute Gasteiger partial charge is 0.422 e. The summed E-state index contributed by atoms with van der Waals surface area (Å²) in [5.41, 5.74) is 4.94. The second kappa shape index (κ2) is 11.9. The van der Waals surface area contributed by atoms with Crippen LogP contribution in [0.2, 0.25) is 5.02 Å². The summed E-state index contributed by atoms with van der Waals surface area (Å²) in [5, 5.41) is 7.83. The highest BCUT2D eigenvalue weighted by Crippen LogP contribution is 2.41. The van der Waals surface area contributed by atoms with Crippen molar-refractivity contribution in [3.8, 4) is 5.69 Å². The van der Waals surface area contributed by atoms with Gasteiger partial charge in [0.2, 0.25) is 0 Å². The zero-order chi connectivity index (χ0) is 25.7. The summed E-state index contributed by atoms with van der Waals surface area (Å²) in [7, 11) is 0. The number of rotatable bonds is 9. The Hall–Kier alpha value is -2.94. The van der Waals surface area contributed by atoms with Gasteiger partial charge in [0.15, 0.2) is 5.78 Å². The number of allylic oxidation sites excluding steroid dienone is 2. The highest BCUT2D eigenvalue weighted by atomic mass is 35.5. The first-order valence-corrected chi connectivity index (χ1v) is 13.3. The van der Waals surface area contributed by atoms with Gasteiger partial charge in [0.05, 0.1) is 28.2 Å². The SMILES string of the molecule is CCSC(=O)OC1=C(c2c(C)cc(-n3cc(Cl)cn3)cc2C)C(=O)CC1CCNCc1ccccn1. The summed E-state index contributed by atoms with van der Waals surface area (Å²) in [6, 6.07) is 9.73. The Labute approximate surface area is 220 Å². The van der Waals surface area contributed by atoms with E-state index in [4.69, 9.17) is 16.3 Å². The second-order valence-corrected chi connectivity index (χ2v) is 10.3. The van der Waals surface area contributed by atoms with Crippen molar-refractivity contribution in [1.29, 1.82) is 0 Å². The predicted molar refractivity (Wildman–Crippen MR) is 143 cm³/mol. The first-order chi connectivity index (χ1) is 17.4. The van der Waals surface area contributed by atoms with Crippen LogP contribution in [0.3, 0.4) is 0 Å². The van der Waals surface area contributed by atoms with Crippen molar-refractivity contribution in [1.82, 2.24) is 20.1 Å². The summed E-state index contributed by atoms with van der Waals surface area (Å²) in [6.45, 7) is 7.11. The number of ether oxygens (including phenoxy) is 1. The van der Waals surface area contributed by atoms with Crippen molar-refractivity contribution in [2.24, 2.45) is 5.92 Å². The Morgan fingerprint density at radius 2 is 2.06 bits per heavy atom. The Morgan fingerprint density at radius 1 is 1.28 bits per heavy atom. The highest BCUT2D eigenvalue weighted by molar-refractivity contribution is 8.13. The van der Waals surface area contributed by atoms with Crippen LogP contribution in [0.1, 0.15) is 42.1 Å². The number of carbonyl (C=O) groups excluding carboxylic acids is 2. The number of hydrogen-bond donors (Lipinski definition) is 1. The third-order valence-corrected chi connectivity index (χ3v) is 6.87. The zero-order valence-electron chi connectivity index (χ0n) is 20.6. The van der Waals surface area contributed by atoms with Gasteiger partial charge >= 0.3 is 5.30 Å². The van der Waals surface area contributed by atoms with Crippen molar-refractivity contribution in [3.05, 3.63) is 82.1 Å². The molecule has 0 bridgehead atoms. The summed E-state index contributed by atoms with van der Waals surface area (Å²) >= 11 is 7.15. The van der Waals surface area contributed by atoms with E-state index in [1.54, 1.807) is 23.3 Å². The number of aryl methyl sites for hydroxylation is 2. The Bertz CT molecular complexity index is 1270. The smallest absolute Gasteiger partial charge is 0.372 e. The number of hydrogen-bond acceptors (Lipinski definition) is 7. The minimum Gasteiger partial charge on any atom is -0.422 e. The minimum atomic E-state index is -0.385. The molecule has 4 rings (SSSR count). The van der Waals surface area contributed by atoms with Gasteiger partial charge in [-0.15, -0.1) is 0 Å². The van der Waals surface area contributed by atoms with Crippen LogP contribution in [0.4, 0.5) is 4.79 Å². The molecule has 0 aliphatic heterocycles. The molecular formula is C27H29ClN4O3S. The summed E-state index contributed by atoms with van der Waals surface area (Å²) in [4.78, 5) is 30.2. The molecule has 9 heteroatoms. The topological polar surface area (TPSA) is 86.1 Å². The van der Waals surface area contributed by atoms with Crippen molar-refractivity contribution in [2.45, 2.75) is 40.2 Å². The number of benzene rings is 1. The fourth-order valence-electron chi connectivity index (χ4n) is 4.53. The van der Waals surface area contributed by atoms with E-state index in [0.717, 1.165) is 39.8 Å². The van der Waals surface area contributed by atoms with Gasteiger partial charge in [0, 0.05) is 37.0 Å². The molecule has 7 nitrogen and oxygen atoms in total. The number of nitrogens with zero attached hydrogens (tertiary/aromatic N) is 3. The summed E-state index contributed by atoms with van der Waals surface area (Å²) in [6.07, 6.45) is 6.07. The van der Waals surface area contributed by atoms with Gasteiger partial charge in [0.25, 0.3) is 0 Å². The lowest BCUT2D eigenvalue weighted by Crippen LogP contribution is -2.19. The fourth-order valence-corrected chi connectivity index (χ4v) is 5.05. The van der Waals surface area contributed by atoms with E-state index in [-0.39, 0.29) is 17.0 Å². The van der Waals surface area contributed by atoms with Crippen LogP contribution in [0.5, 0.6) is 0 Å². The number of aromatic nitrogens is 3. The molecule has 0 radical (unpaired) electrons. The number of pyridine rings is 1. The van der Waals surface area contributed by atoms with Crippen LogP contribution >= 0.6 is 23.4 Å². The predicted octanol–water partition coefficient (Wildman–Crippen LogP) is 5.91. The van der Waals surface area contributed by atoms with E-state index in [0.29, 0.717) is 48.0 Å². The van der Waals surface area contributed by atoms with Crippen molar-refractivity contribution < 1.29 is 14.3 Å². The lowest BCUT2D eigenvalue weighted by atomic mass is 9.93. The fraction of sp³-hybridized carbons (Fsp3) is 0.333. The quantitative estimate of drug-likeness (QED) is 0.275. The molecule has 1 atom stereocenters. The summed E-state index contributed by atoms with van der Waals surface area (Å²) < 4.78 is 7.55. The molecule has 2 heterocycles. The van der Waals surface area contributed by atoms with Crippen molar-refractivity contribution in [3.63, 3.8) is 0 Å². The summed E-state index contributed by atoms with van der Waals surface area (Å²) in [5.74, 6) is 0.903. The molecule has 188 valence electrons. The standard InChI is InChI=1S/C27H29ClN4O3S/c1-4-36-27(34)35-26-19(8-10-29-15-21-7-5-6-9-30-21)13-23(33)25(26)24-17(2)11-22(12-18(24)3)32-16-20(28)14-31-32/h5-7,9,11-12,14,16,19,29H,4,8,10,13,15H2,1-3H3. The molecule has 0 saturated carbocycles. The maximum atomic E-state index is 13.3. The molecule has 3 aromatic rings. The molecule has 1 unspecified atom stereocenters. The van der Waals surface area contributed by atoms with Crippen LogP contribution in [0.25, 0.3) is 11.3 Å².